The van der Waals surface area contributed by atoms with Gasteiger partial charge in [0.15, 0.2) is 0 Å². The van der Waals surface area contributed by atoms with Crippen molar-refractivity contribution in [3.63, 3.8) is 0 Å². The van der Waals surface area contributed by atoms with Crippen LogP contribution in [0.25, 0.3) is 0 Å². The average Bonchev–Trinajstić information content (AvgIpc) is 2.62. The zero-order chi connectivity index (χ0) is 13.7. The van der Waals surface area contributed by atoms with Crippen LogP contribution >= 0.6 is 0 Å². The number of anilines is 2. The lowest BCUT2D eigenvalue weighted by Gasteiger charge is -2.44. The molecule has 3 heteroatoms. The average molecular weight is 259 g/mol. The molecule has 0 radical (unpaired) electrons. The Labute approximate surface area is 116 Å². The van der Waals surface area contributed by atoms with Crippen molar-refractivity contribution in [1.82, 2.24) is 5.32 Å². The Hall–Kier alpha value is -1.22. The van der Waals surface area contributed by atoms with Crippen LogP contribution in [-0.2, 0) is 5.41 Å². The van der Waals surface area contributed by atoms with Crippen molar-refractivity contribution < 1.29 is 0 Å². The molecular formula is C16H25N3. The first kappa shape index (κ1) is 12.8. The molecule has 2 aliphatic heterocycles. The number of nitrogens with two attached hydrogens (primary N) is 1. The van der Waals surface area contributed by atoms with Gasteiger partial charge in [-0.1, -0.05) is 19.9 Å². The summed E-state index contributed by atoms with van der Waals surface area (Å²) in [6.45, 7) is 10.4. The zero-order valence-corrected chi connectivity index (χ0v) is 12.3. The van der Waals surface area contributed by atoms with E-state index in [9.17, 15) is 0 Å². The number of fused-ring (bicyclic) bond motifs is 1. The number of hydrogen-bond donors (Lipinski definition) is 2. The van der Waals surface area contributed by atoms with Crippen molar-refractivity contribution in [3.8, 4) is 0 Å². The molecule has 1 aromatic rings. The number of rotatable bonds is 1. The van der Waals surface area contributed by atoms with Crippen LogP contribution in [0.15, 0.2) is 18.2 Å². The van der Waals surface area contributed by atoms with Crippen molar-refractivity contribution in [1.29, 1.82) is 0 Å². The molecule has 0 unspecified atom stereocenters. The van der Waals surface area contributed by atoms with E-state index in [0.717, 1.165) is 25.3 Å². The maximum Gasteiger partial charge on any atom is 0.0430 e. The minimum absolute atomic E-state index is 0.219. The predicted octanol–water partition coefficient (Wildman–Crippen LogP) is 2.51. The van der Waals surface area contributed by atoms with Crippen LogP contribution in [0.4, 0.5) is 11.4 Å². The highest BCUT2D eigenvalue weighted by molar-refractivity contribution is 5.68. The SMILES string of the molecule is CC1(C)CN(C2(C)CCNCC2)c2cc(N)ccc21. The Kier molecular flexibility index (Phi) is 2.79. The fourth-order valence-corrected chi connectivity index (χ4v) is 3.63. The highest BCUT2D eigenvalue weighted by Crippen LogP contribution is 2.46. The molecule has 0 saturated carbocycles. The van der Waals surface area contributed by atoms with Crippen molar-refractivity contribution >= 4 is 11.4 Å². The van der Waals surface area contributed by atoms with Gasteiger partial charge in [-0.25, -0.2) is 0 Å². The molecule has 3 N–H and O–H groups in total. The third-order valence-corrected chi connectivity index (χ3v) is 4.93. The van der Waals surface area contributed by atoms with E-state index >= 15 is 0 Å². The molecule has 2 heterocycles. The Morgan fingerprint density at radius 3 is 2.53 bits per heavy atom. The third kappa shape index (κ3) is 2.00. The Morgan fingerprint density at radius 1 is 1.16 bits per heavy atom. The summed E-state index contributed by atoms with van der Waals surface area (Å²) in [6, 6.07) is 6.42. The molecule has 19 heavy (non-hydrogen) atoms. The molecule has 0 amide bonds. The molecule has 1 aromatic carbocycles. The molecule has 2 aliphatic rings. The first-order valence-corrected chi connectivity index (χ1v) is 7.31. The van der Waals surface area contributed by atoms with E-state index in [1.165, 1.54) is 24.1 Å². The van der Waals surface area contributed by atoms with E-state index in [-0.39, 0.29) is 11.0 Å². The molecular weight excluding hydrogens is 234 g/mol. The Balaban J connectivity index is 2.04. The Morgan fingerprint density at radius 2 is 1.84 bits per heavy atom. The normalized spacial score (nSPS) is 24.3. The first-order valence-electron chi connectivity index (χ1n) is 7.31. The molecule has 1 fully saturated rings. The molecule has 1 saturated heterocycles. The van der Waals surface area contributed by atoms with Gasteiger partial charge in [-0.3, -0.25) is 0 Å². The van der Waals surface area contributed by atoms with Gasteiger partial charge in [0.05, 0.1) is 0 Å². The van der Waals surface area contributed by atoms with Crippen LogP contribution in [-0.4, -0.2) is 25.2 Å². The predicted molar refractivity (Wildman–Crippen MR) is 81.7 cm³/mol. The standard InChI is InChI=1S/C16H25N3/c1-15(2)11-19(16(3)6-8-18-9-7-16)14-10-12(17)4-5-13(14)15/h4-5,10,18H,6-9,11,17H2,1-3H3. The number of nitrogen functional groups attached to an aromatic ring is 1. The minimum atomic E-state index is 0.219. The molecule has 0 aliphatic carbocycles. The first-order chi connectivity index (χ1) is 8.92. The summed E-state index contributed by atoms with van der Waals surface area (Å²) < 4.78 is 0. The Bertz CT molecular complexity index is 487. The lowest BCUT2D eigenvalue weighted by molar-refractivity contribution is 0.305. The summed E-state index contributed by atoms with van der Waals surface area (Å²) in [5.41, 5.74) is 10.2. The van der Waals surface area contributed by atoms with Crippen molar-refractivity contribution in [2.75, 3.05) is 30.3 Å². The van der Waals surface area contributed by atoms with Crippen molar-refractivity contribution in [2.45, 2.75) is 44.6 Å². The van der Waals surface area contributed by atoms with Crippen LogP contribution in [0, 0.1) is 0 Å². The smallest absolute Gasteiger partial charge is 0.0430 e. The number of piperidine rings is 1. The fourth-order valence-electron chi connectivity index (χ4n) is 3.63. The van der Waals surface area contributed by atoms with Crippen LogP contribution < -0.4 is 16.0 Å². The van der Waals surface area contributed by atoms with Gasteiger partial charge in [0.2, 0.25) is 0 Å². The van der Waals surface area contributed by atoms with E-state index in [2.05, 4.69) is 43.1 Å². The molecule has 3 rings (SSSR count). The second-order valence-electron chi connectivity index (χ2n) is 6.99. The lowest BCUT2D eigenvalue weighted by atomic mass is 9.86. The summed E-state index contributed by atoms with van der Waals surface area (Å²) in [6.07, 6.45) is 2.41. The number of nitrogens with one attached hydrogen (secondary N) is 1. The maximum absolute atomic E-state index is 6.02. The minimum Gasteiger partial charge on any atom is -0.399 e. The highest BCUT2D eigenvalue weighted by Gasteiger charge is 2.43. The molecule has 0 atom stereocenters. The lowest BCUT2D eigenvalue weighted by Crippen LogP contribution is -2.53. The van der Waals surface area contributed by atoms with Gasteiger partial charge in [0.1, 0.15) is 0 Å². The van der Waals surface area contributed by atoms with E-state index in [1.54, 1.807) is 0 Å². The van der Waals surface area contributed by atoms with E-state index in [1.807, 2.05) is 6.07 Å². The second kappa shape index (κ2) is 4.14. The van der Waals surface area contributed by atoms with Crippen LogP contribution in [0.3, 0.4) is 0 Å². The molecule has 104 valence electrons. The molecule has 3 nitrogen and oxygen atoms in total. The van der Waals surface area contributed by atoms with Gasteiger partial charge >= 0.3 is 0 Å². The van der Waals surface area contributed by atoms with Crippen LogP contribution in [0.1, 0.15) is 39.2 Å². The summed E-state index contributed by atoms with van der Waals surface area (Å²) in [4.78, 5) is 2.61. The summed E-state index contributed by atoms with van der Waals surface area (Å²) in [5.74, 6) is 0. The third-order valence-electron chi connectivity index (χ3n) is 4.93. The van der Waals surface area contributed by atoms with Crippen LogP contribution in [0.5, 0.6) is 0 Å². The van der Waals surface area contributed by atoms with Gasteiger partial charge in [-0.05, 0) is 50.6 Å². The van der Waals surface area contributed by atoms with E-state index < -0.39 is 0 Å². The number of hydrogen-bond acceptors (Lipinski definition) is 3. The zero-order valence-electron chi connectivity index (χ0n) is 12.3. The second-order valence-corrected chi connectivity index (χ2v) is 6.99. The molecule has 0 bridgehead atoms. The topological polar surface area (TPSA) is 41.3 Å². The maximum atomic E-state index is 6.02. The van der Waals surface area contributed by atoms with Gasteiger partial charge in [-0.2, -0.15) is 0 Å². The van der Waals surface area contributed by atoms with Gasteiger partial charge in [0, 0.05) is 28.9 Å². The quantitative estimate of drug-likeness (QED) is 0.761. The van der Waals surface area contributed by atoms with Crippen LogP contribution in [0.2, 0.25) is 0 Å². The summed E-state index contributed by atoms with van der Waals surface area (Å²) >= 11 is 0. The number of nitrogens with zero attached hydrogens (tertiary/aromatic N) is 1. The van der Waals surface area contributed by atoms with E-state index in [4.69, 9.17) is 5.73 Å². The molecule has 0 spiro atoms. The van der Waals surface area contributed by atoms with Gasteiger partial charge in [0.25, 0.3) is 0 Å². The number of benzene rings is 1. The van der Waals surface area contributed by atoms with Crippen molar-refractivity contribution in [3.05, 3.63) is 23.8 Å². The summed E-state index contributed by atoms with van der Waals surface area (Å²) in [7, 11) is 0. The molecule has 0 aromatic heterocycles. The van der Waals surface area contributed by atoms with Gasteiger partial charge < -0.3 is 16.0 Å². The largest absolute Gasteiger partial charge is 0.399 e. The monoisotopic (exact) mass is 259 g/mol. The van der Waals surface area contributed by atoms with Crippen molar-refractivity contribution in [2.24, 2.45) is 0 Å². The van der Waals surface area contributed by atoms with Gasteiger partial charge in [-0.15, -0.1) is 0 Å². The fraction of sp³-hybridized carbons (Fsp3) is 0.625. The van der Waals surface area contributed by atoms with E-state index in [0.29, 0.717) is 0 Å². The summed E-state index contributed by atoms with van der Waals surface area (Å²) in [5, 5.41) is 3.47. The highest BCUT2D eigenvalue weighted by atomic mass is 15.2.